The van der Waals surface area contributed by atoms with Gasteiger partial charge >= 0.3 is 0 Å². The molecule has 0 spiro atoms. The van der Waals surface area contributed by atoms with Crippen molar-refractivity contribution in [2.45, 2.75) is 13.5 Å². The van der Waals surface area contributed by atoms with Crippen molar-refractivity contribution in [1.29, 1.82) is 0 Å². The summed E-state index contributed by atoms with van der Waals surface area (Å²) in [6.07, 6.45) is 0. The van der Waals surface area contributed by atoms with E-state index >= 15 is 0 Å². The average molecular weight is 332 g/mol. The number of benzene rings is 1. The van der Waals surface area contributed by atoms with Crippen molar-refractivity contribution in [3.63, 3.8) is 0 Å². The molecule has 128 valence electrons. The molecule has 0 unspecified atom stereocenters. The van der Waals surface area contributed by atoms with E-state index < -0.39 is 0 Å². The van der Waals surface area contributed by atoms with Crippen molar-refractivity contribution < 1.29 is 13.7 Å². The van der Waals surface area contributed by atoms with Crippen molar-refractivity contribution in [3.8, 4) is 0 Å². The molecule has 1 amide bonds. The Bertz CT molecular complexity index is 695. The van der Waals surface area contributed by atoms with E-state index in [-0.39, 0.29) is 11.7 Å². The number of anilines is 1. The van der Waals surface area contributed by atoms with Crippen LogP contribution in [-0.4, -0.2) is 53.6 Å². The van der Waals surface area contributed by atoms with Crippen LogP contribution < -0.4 is 5.32 Å². The molecule has 1 aliphatic heterocycles. The SMILES string of the molecule is Cc1cc(NC(=O)CN2CCN(Cc3cccc(F)c3)CC2)no1. The van der Waals surface area contributed by atoms with Crippen molar-refractivity contribution >= 4 is 11.7 Å². The van der Waals surface area contributed by atoms with E-state index in [0.717, 1.165) is 38.3 Å². The van der Waals surface area contributed by atoms with Crippen LogP contribution in [-0.2, 0) is 11.3 Å². The maximum atomic E-state index is 13.2. The number of aryl methyl sites for hydroxylation is 1. The van der Waals surface area contributed by atoms with Crippen molar-refractivity contribution in [1.82, 2.24) is 15.0 Å². The number of carbonyl (C=O) groups excluding carboxylic acids is 1. The molecule has 1 saturated heterocycles. The van der Waals surface area contributed by atoms with E-state index in [1.54, 1.807) is 25.1 Å². The van der Waals surface area contributed by atoms with Crippen LogP contribution in [0.2, 0.25) is 0 Å². The fourth-order valence-corrected chi connectivity index (χ4v) is 2.81. The Labute approximate surface area is 140 Å². The van der Waals surface area contributed by atoms with Gasteiger partial charge in [0, 0.05) is 38.8 Å². The number of nitrogens with zero attached hydrogens (tertiary/aromatic N) is 3. The summed E-state index contributed by atoms with van der Waals surface area (Å²) in [6, 6.07) is 8.38. The monoisotopic (exact) mass is 332 g/mol. The quantitative estimate of drug-likeness (QED) is 0.906. The Hall–Kier alpha value is -2.25. The summed E-state index contributed by atoms with van der Waals surface area (Å²) in [6.45, 7) is 6.16. The molecule has 24 heavy (non-hydrogen) atoms. The largest absolute Gasteiger partial charge is 0.360 e. The molecule has 2 aromatic rings. The first-order valence-electron chi connectivity index (χ1n) is 8.01. The van der Waals surface area contributed by atoms with Gasteiger partial charge in [-0.15, -0.1) is 0 Å². The number of piperazine rings is 1. The maximum absolute atomic E-state index is 13.2. The van der Waals surface area contributed by atoms with E-state index in [1.165, 1.54) is 6.07 Å². The minimum Gasteiger partial charge on any atom is -0.360 e. The summed E-state index contributed by atoms with van der Waals surface area (Å²) in [5, 5.41) is 6.48. The van der Waals surface area contributed by atoms with Gasteiger partial charge in [-0.2, -0.15) is 0 Å². The zero-order valence-corrected chi connectivity index (χ0v) is 13.7. The molecule has 0 atom stereocenters. The third kappa shape index (κ3) is 4.62. The van der Waals surface area contributed by atoms with Crippen molar-refractivity contribution in [3.05, 3.63) is 47.5 Å². The molecule has 0 saturated carbocycles. The van der Waals surface area contributed by atoms with E-state index in [0.29, 0.717) is 18.1 Å². The Morgan fingerprint density at radius 1 is 1.25 bits per heavy atom. The molecule has 2 heterocycles. The van der Waals surface area contributed by atoms with Gasteiger partial charge in [0.05, 0.1) is 6.54 Å². The van der Waals surface area contributed by atoms with Gasteiger partial charge in [0.1, 0.15) is 11.6 Å². The summed E-state index contributed by atoms with van der Waals surface area (Å²) in [4.78, 5) is 16.4. The molecule has 6 nitrogen and oxygen atoms in total. The van der Waals surface area contributed by atoms with Crippen LogP contribution in [0.4, 0.5) is 10.2 Å². The molecule has 1 aliphatic rings. The summed E-state index contributed by atoms with van der Waals surface area (Å²) in [5.74, 6) is 0.811. The zero-order chi connectivity index (χ0) is 16.9. The van der Waals surface area contributed by atoms with Gasteiger partial charge in [-0.05, 0) is 24.6 Å². The lowest BCUT2D eigenvalue weighted by molar-refractivity contribution is -0.117. The number of hydrogen-bond donors (Lipinski definition) is 1. The predicted octanol–water partition coefficient (Wildman–Crippen LogP) is 1.88. The highest BCUT2D eigenvalue weighted by atomic mass is 19.1. The normalized spacial score (nSPS) is 16.2. The first-order chi connectivity index (χ1) is 11.6. The number of aromatic nitrogens is 1. The van der Waals surface area contributed by atoms with Gasteiger partial charge in [-0.1, -0.05) is 17.3 Å². The molecule has 0 aliphatic carbocycles. The van der Waals surface area contributed by atoms with Gasteiger partial charge in [0.15, 0.2) is 5.82 Å². The summed E-state index contributed by atoms with van der Waals surface area (Å²) < 4.78 is 18.1. The van der Waals surface area contributed by atoms with Crippen LogP contribution >= 0.6 is 0 Å². The second-order valence-corrected chi connectivity index (χ2v) is 6.05. The lowest BCUT2D eigenvalue weighted by Gasteiger charge is -2.34. The predicted molar refractivity (Wildman–Crippen MR) is 88.0 cm³/mol. The minimum absolute atomic E-state index is 0.0955. The Morgan fingerprint density at radius 3 is 2.67 bits per heavy atom. The average Bonchev–Trinajstić information content (AvgIpc) is 2.94. The van der Waals surface area contributed by atoms with Crippen LogP contribution in [0.15, 0.2) is 34.9 Å². The van der Waals surface area contributed by atoms with Crippen LogP contribution in [0, 0.1) is 12.7 Å². The smallest absolute Gasteiger partial charge is 0.239 e. The van der Waals surface area contributed by atoms with Crippen LogP contribution in [0.3, 0.4) is 0 Å². The molecule has 1 fully saturated rings. The second-order valence-electron chi connectivity index (χ2n) is 6.05. The maximum Gasteiger partial charge on any atom is 0.239 e. The van der Waals surface area contributed by atoms with Gasteiger partial charge < -0.3 is 9.84 Å². The van der Waals surface area contributed by atoms with Crippen LogP contribution in [0.25, 0.3) is 0 Å². The topological polar surface area (TPSA) is 61.6 Å². The molecule has 3 rings (SSSR count). The number of halogens is 1. The van der Waals surface area contributed by atoms with Gasteiger partial charge in [-0.3, -0.25) is 14.6 Å². The highest BCUT2D eigenvalue weighted by Gasteiger charge is 2.19. The molecule has 1 aromatic heterocycles. The Kier molecular flexibility index (Phi) is 5.22. The zero-order valence-electron chi connectivity index (χ0n) is 13.7. The number of carbonyl (C=O) groups is 1. The molecule has 7 heteroatoms. The fourth-order valence-electron chi connectivity index (χ4n) is 2.81. The number of amides is 1. The molecule has 1 N–H and O–H groups in total. The highest BCUT2D eigenvalue weighted by molar-refractivity contribution is 5.91. The van der Waals surface area contributed by atoms with E-state index in [9.17, 15) is 9.18 Å². The summed E-state index contributed by atoms with van der Waals surface area (Å²) in [7, 11) is 0. The first-order valence-corrected chi connectivity index (χ1v) is 8.01. The fraction of sp³-hybridized carbons (Fsp3) is 0.412. The summed E-state index contributed by atoms with van der Waals surface area (Å²) in [5.41, 5.74) is 0.975. The Balaban J connectivity index is 1.42. The van der Waals surface area contributed by atoms with E-state index in [1.807, 2.05) is 6.07 Å². The van der Waals surface area contributed by atoms with Gasteiger partial charge in [0.25, 0.3) is 0 Å². The lowest BCUT2D eigenvalue weighted by Crippen LogP contribution is -2.48. The van der Waals surface area contributed by atoms with E-state index in [4.69, 9.17) is 4.52 Å². The van der Waals surface area contributed by atoms with Gasteiger partial charge in [-0.25, -0.2) is 4.39 Å². The second kappa shape index (κ2) is 7.55. The molecule has 0 radical (unpaired) electrons. The highest BCUT2D eigenvalue weighted by Crippen LogP contribution is 2.11. The van der Waals surface area contributed by atoms with Crippen LogP contribution in [0.1, 0.15) is 11.3 Å². The van der Waals surface area contributed by atoms with Crippen molar-refractivity contribution in [2.75, 3.05) is 38.0 Å². The molecule has 0 bridgehead atoms. The molecular formula is C17H21FN4O2. The number of hydrogen-bond acceptors (Lipinski definition) is 5. The molecule has 1 aromatic carbocycles. The van der Waals surface area contributed by atoms with E-state index in [2.05, 4.69) is 20.3 Å². The first kappa shape index (κ1) is 16.6. The number of rotatable bonds is 5. The minimum atomic E-state index is -0.203. The lowest BCUT2D eigenvalue weighted by atomic mass is 10.2. The Morgan fingerprint density at radius 2 is 2.00 bits per heavy atom. The molecular weight excluding hydrogens is 311 g/mol. The standard InChI is InChI=1S/C17H21FN4O2/c1-13-9-16(20-24-13)19-17(23)12-22-7-5-21(6-8-22)11-14-3-2-4-15(18)10-14/h2-4,9-10H,5-8,11-12H2,1H3,(H,19,20,23). The number of nitrogens with one attached hydrogen (secondary N) is 1. The van der Waals surface area contributed by atoms with Crippen molar-refractivity contribution in [2.24, 2.45) is 0 Å². The van der Waals surface area contributed by atoms with Gasteiger partial charge in [0.2, 0.25) is 5.91 Å². The third-order valence-electron chi connectivity index (χ3n) is 4.02. The van der Waals surface area contributed by atoms with Crippen LogP contribution in [0.5, 0.6) is 0 Å². The summed E-state index contributed by atoms with van der Waals surface area (Å²) >= 11 is 0. The third-order valence-corrected chi connectivity index (χ3v) is 4.02.